The smallest absolute Gasteiger partial charge is 0.414 e. The topological polar surface area (TPSA) is 140 Å². The Morgan fingerprint density at radius 3 is 1.89 bits per heavy atom. The van der Waals surface area contributed by atoms with Gasteiger partial charge in [-0.1, -0.05) is 60.7 Å². The fraction of sp³-hybridized carbons (Fsp3) is 0.308. The van der Waals surface area contributed by atoms with Gasteiger partial charge in [0, 0.05) is 6.54 Å². The maximum absolute atomic E-state index is 12.3. The van der Waals surface area contributed by atoms with E-state index in [0.29, 0.717) is 19.3 Å². The third kappa shape index (κ3) is 7.55. The van der Waals surface area contributed by atoms with Gasteiger partial charge in [0.15, 0.2) is 0 Å². The van der Waals surface area contributed by atoms with Crippen molar-refractivity contribution in [3.63, 3.8) is 0 Å². The summed E-state index contributed by atoms with van der Waals surface area (Å²) in [6, 6.07) is 18.1. The molecule has 0 aromatic heterocycles. The van der Waals surface area contributed by atoms with Gasteiger partial charge < -0.3 is 9.47 Å². The zero-order valence-electron chi connectivity index (χ0n) is 20.4. The van der Waals surface area contributed by atoms with E-state index >= 15 is 0 Å². The monoisotopic (exact) mass is 509 g/mol. The van der Waals surface area contributed by atoms with E-state index in [2.05, 4.69) is 15.6 Å². The van der Waals surface area contributed by atoms with Crippen LogP contribution < -0.4 is 10.6 Å². The van der Waals surface area contributed by atoms with E-state index in [1.165, 1.54) is 6.92 Å². The zero-order chi connectivity index (χ0) is 26.7. The van der Waals surface area contributed by atoms with Crippen molar-refractivity contribution in [3.05, 3.63) is 71.8 Å². The third-order valence-corrected chi connectivity index (χ3v) is 5.84. The van der Waals surface area contributed by atoms with Gasteiger partial charge in [-0.3, -0.25) is 15.6 Å². The predicted molar refractivity (Wildman–Crippen MR) is 131 cm³/mol. The number of carbonyl (C=O) groups excluding carboxylic acids is 5. The molecule has 2 atom stereocenters. The molecule has 2 aromatic rings. The van der Waals surface area contributed by atoms with Crippen molar-refractivity contribution in [2.45, 2.75) is 33.0 Å². The van der Waals surface area contributed by atoms with E-state index in [4.69, 9.17) is 9.47 Å². The molecule has 0 aliphatic carbocycles. The van der Waals surface area contributed by atoms with Crippen molar-refractivity contribution >= 4 is 36.4 Å². The number of likely N-dealkylation sites (tertiary alicyclic amines) is 1. The van der Waals surface area contributed by atoms with E-state index in [-0.39, 0.29) is 32.3 Å². The van der Waals surface area contributed by atoms with Gasteiger partial charge in [-0.05, 0) is 24.0 Å². The number of quaternary nitrogens is 1. The summed E-state index contributed by atoms with van der Waals surface area (Å²) in [4.78, 5) is 63.9. The number of benzene rings is 2. The van der Waals surface area contributed by atoms with E-state index in [1.54, 1.807) is 24.3 Å². The SMILES string of the molecule is CC(=O)[N@+]1(C=O)C[C@@H](CCCN=C(NC(=O)OCc2ccccc2)NC(=O)OCc2ccccc2)C1=O. The lowest BCUT2D eigenvalue weighted by Gasteiger charge is -2.38. The molecule has 194 valence electrons. The van der Waals surface area contributed by atoms with Crippen LogP contribution in [-0.2, 0) is 37.1 Å². The summed E-state index contributed by atoms with van der Waals surface area (Å²) in [6.07, 6.45) is -0.469. The quantitative estimate of drug-likeness (QED) is 0.132. The highest BCUT2D eigenvalue weighted by Crippen LogP contribution is 2.29. The number of imide groups is 3. The molecule has 1 heterocycles. The largest absolute Gasteiger partial charge is 0.444 e. The number of β-lactam (4-membered cyclic amide) rings is 1. The first-order valence-corrected chi connectivity index (χ1v) is 11.7. The van der Waals surface area contributed by atoms with Crippen LogP contribution in [0.2, 0.25) is 0 Å². The Morgan fingerprint density at radius 2 is 1.46 bits per heavy atom. The first-order valence-electron chi connectivity index (χ1n) is 11.7. The van der Waals surface area contributed by atoms with Crippen LogP contribution in [0.1, 0.15) is 30.9 Å². The molecule has 1 saturated heterocycles. The second kappa shape index (κ2) is 13.1. The fourth-order valence-electron chi connectivity index (χ4n) is 3.75. The summed E-state index contributed by atoms with van der Waals surface area (Å²) in [7, 11) is 0. The van der Waals surface area contributed by atoms with Crippen LogP contribution in [0.15, 0.2) is 65.7 Å². The van der Waals surface area contributed by atoms with Gasteiger partial charge in [-0.15, -0.1) is 4.48 Å². The first kappa shape index (κ1) is 27.2. The van der Waals surface area contributed by atoms with Crippen LogP contribution in [0.4, 0.5) is 9.59 Å². The van der Waals surface area contributed by atoms with Gasteiger partial charge in [0.05, 0.1) is 6.92 Å². The molecule has 0 spiro atoms. The number of nitrogens with zero attached hydrogens (tertiary/aromatic N) is 2. The standard InChI is InChI=1S/C26H28N4O7/c1-19(32)30(18-31)15-22(23(30)33)13-8-14-27-24(28-25(34)36-16-20-9-4-2-5-10-20)29-26(35)37-17-21-11-6-3-7-12-21/h2-7,9-12,18,22H,8,13-17H2,1H3,(H-,27,28,29,34,35)/p+1/t22-,30-/m1/s1. The predicted octanol–water partition coefficient (Wildman–Crippen LogP) is 2.65. The fourth-order valence-corrected chi connectivity index (χ4v) is 3.75. The third-order valence-electron chi connectivity index (χ3n) is 5.84. The highest BCUT2D eigenvalue weighted by molar-refractivity contribution is 6.01. The second-order valence-corrected chi connectivity index (χ2v) is 8.46. The Kier molecular flexibility index (Phi) is 9.61. The normalized spacial score (nSPS) is 18.1. The van der Waals surface area contributed by atoms with Gasteiger partial charge >= 0.3 is 30.4 Å². The lowest BCUT2D eigenvalue weighted by atomic mass is 9.90. The van der Waals surface area contributed by atoms with Gasteiger partial charge in [0.2, 0.25) is 5.96 Å². The number of aliphatic imine (C=N–C) groups is 1. The molecule has 0 radical (unpaired) electrons. The molecule has 1 aliphatic rings. The Morgan fingerprint density at radius 1 is 0.946 bits per heavy atom. The van der Waals surface area contributed by atoms with Crippen molar-refractivity contribution in [2.75, 3.05) is 13.1 Å². The summed E-state index contributed by atoms with van der Waals surface area (Å²) in [5.41, 5.74) is 1.57. The van der Waals surface area contributed by atoms with Gasteiger partial charge in [-0.2, -0.15) is 0 Å². The maximum atomic E-state index is 12.3. The summed E-state index contributed by atoms with van der Waals surface area (Å²) < 4.78 is 9.57. The number of rotatable bonds is 9. The Bertz CT molecular complexity index is 1090. The molecule has 37 heavy (non-hydrogen) atoms. The zero-order valence-corrected chi connectivity index (χ0v) is 20.4. The van der Waals surface area contributed by atoms with E-state index in [1.807, 2.05) is 36.4 Å². The summed E-state index contributed by atoms with van der Waals surface area (Å²) in [6.45, 7) is 1.54. The van der Waals surface area contributed by atoms with Crippen LogP contribution >= 0.6 is 0 Å². The van der Waals surface area contributed by atoms with Crippen molar-refractivity contribution < 1.29 is 37.9 Å². The van der Waals surface area contributed by atoms with Crippen molar-refractivity contribution in [3.8, 4) is 0 Å². The van der Waals surface area contributed by atoms with E-state index in [9.17, 15) is 24.0 Å². The molecule has 0 saturated carbocycles. The molecule has 11 heteroatoms. The van der Waals surface area contributed by atoms with Gasteiger partial charge in [-0.25, -0.2) is 24.0 Å². The minimum atomic E-state index is -0.824. The Balaban J connectivity index is 1.53. The average Bonchev–Trinajstić information content (AvgIpc) is 2.90. The molecular formula is C26H29N4O7+. The molecule has 3 rings (SSSR count). The van der Waals surface area contributed by atoms with Gasteiger partial charge in [0.25, 0.3) is 0 Å². The highest BCUT2D eigenvalue weighted by atomic mass is 16.6. The maximum Gasteiger partial charge on any atom is 0.414 e. The minimum Gasteiger partial charge on any atom is -0.444 e. The number of hydrogen-bond donors (Lipinski definition) is 2. The Hall–Kier alpha value is -4.38. The Labute approximate surface area is 214 Å². The lowest BCUT2D eigenvalue weighted by molar-refractivity contribution is -0.732. The highest BCUT2D eigenvalue weighted by Gasteiger charge is 2.58. The minimum absolute atomic E-state index is 0.0229. The number of alkyl carbamates (subject to hydrolysis) is 2. The molecule has 0 unspecified atom stereocenters. The van der Waals surface area contributed by atoms with Crippen LogP contribution in [0, 0.1) is 5.92 Å². The first-order chi connectivity index (χ1) is 17.8. The molecule has 1 aliphatic heterocycles. The molecular weight excluding hydrogens is 480 g/mol. The summed E-state index contributed by atoms with van der Waals surface area (Å²) in [5.74, 6) is -1.54. The van der Waals surface area contributed by atoms with Crippen molar-refractivity contribution in [2.24, 2.45) is 10.9 Å². The average molecular weight is 510 g/mol. The number of ether oxygens (including phenoxy) is 2. The van der Waals surface area contributed by atoms with Crippen LogP contribution in [0.25, 0.3) is 0 Å². The number of carbonyl (C=O) groups is 5. The summed E-state index contributed by atoms with van der Waals surface area (Å²) in [5, 5.41) is 4.79. The summed E-state index contributed by atoms with van der Waals surface area (Å²) >= 11 is 0. The van der Waals surface area contributed by atoms with Crippen molar-refractivity contribution in [1.82, 2.24) is 10.6 Å². The molecule has 2 aromatic carbocycles. The number of guanidine groups is 1. The lowest BCUT2D eigenvalue weighted by Crippen LogP contribution is -2.69. The van der Waals surface area contributed by atoms with Gasteiger partial charge in [0.1, 0.15) is 25.7 Å². The molecule has 11 nitrogen and oxygen atoms in total. The van der Waals surface area contributed by atoms with Crippen molar-refractivity contribution in [1.29, 1.82) is 0 Å². The molecule has 5 amide bonds. The molecule has 1 fully saturated rings. The van der Waals surface area contributed by atoms with E-state index in [0.717, 1.165) is 11.1 Å². The van der Waals surface area contributed by atoms with E-state index < -0.39 is 34.4 Å². The van der Waals surface area contributed by atoms with Crippen LogP contribution in [0.5, 0.6) is 0 Å². The number of amides is 5. The second-order valence-electron chi connectivity index (χ2n) is 8.46. The molecule has 2 N–H and O–H groups in total. The molecule has 0 bridgehead atoms. The van der Waals surface area contributed by atoms with Crippen LogP contribution in [0.3, 0.4) is 0 Å². The number of nitrogens with one attached hydrogen (secondary N) is 2. The van der Waals surface area contributed by atoms with Crippen LogP contribution in [-0.4, -0.2) is 53.9 Å². The number of hydrogen-bond acceptors (Lipinski definition) is 8.